The molecule has 0 saturated carbocycles. The second-order valence-corrected chi connectivity index (χ2v) is 9.38. The molecule has 1 aliphatic heterocycles. The Kier molecular flexibility index (Phi) is 6.14. The summed E-state index contributed by atoms with van der Waals surface area (Å²) in [7, 11) is -0.618. The third-order valence-electron chi connectivity index (χ3n) is 4.94. The Morgan fingerprint density at radius 2 is 1.76 bits per heavy atom. The molecular formula is C21H26N2O5S. The molecule has 1 amide bonds. The molecule has 1 heterocycles. The van der Waals surface area contributed by atoms with Gasteiger partial charge in [-0.1, -0.05) is 6.07 Å². The lowest BCUT2D eigenvalue weighted by atomic mass is 10.1. The molecule has 1 aliphatic rings. The molecule has 0 spiro atoms. The molecule has 7 nitrogen and oxygen atoms in total. The van der Waals surface area contributed by atoms with Gasteiger partial charge in [0.2, 0.25) is 15.9 Å². The first-order chi connectivity index (χ1) is 13.7. The standard InChI is InChI=1S/C21H26N2O5S/c1-14-11-17(29(25,26)23(3)4)13-18(15(14)2)22-21(24)8-6-16-5-7-19-20(12-16)28-10-9-27-19/h5,7,11-13H,6,8-10H2,1-4H3,(H,22,24). The molecule has 0 aromatic heterocycles. The average Bonchev–Trinajstić information content (AvgIpc) is 2.69. The Bertz CT molecular complexity index is 1030. The van der Waals surface area contributed by atoms with Crippen LogP contribution in [0.15, 0.2) is 35.2 Å². The molecule has 156 valence electrons. The van der Waals surface area contributed by atoms with Gasteiger partial charge in [-0.05, 0) is 61.2 Å². The first kappa shape index (κ1) is 21.1. The smallest absolute Gasteiger partial charge is 0.242 e. The maximum Gasteiger partial charge on any atom is 0.242 e. The number of nitrogens with zero attached hydrogens (tertiary/aromatic N) is 1. The van der Waals surface area contributed by atoms with Crippen LogP contribution in [-0.4, -0.2) is 45.9 Å². The molecule has 2 aromatic rings. The molecular weight excluding hydrogens is 392 g/mol. The molecule has 2 aromatic carbocycles. The third-order valence-corrected chi connectivity index (χ3v) is 6.73. The van der Waals surface area contributed by atoms with Crippen LogP contribution < -0.4 is 14.8 Å². The van der Waals surface area contributed by atoms with Gasteiger partial charge in [0.1, 0.15) is 13.2 Å². The molecule has 0 fully saturated rings. The quantitative estimate of drug-likeness (QED) is 0.780. The number of carbonyl (C=O) groups excluding carboxylic acids is 1. The minimum Gasteiger partial charge on any atom is -0.486 e. The van der Waals surface area contributed by atoms with Gasteiger partial charge in [-0.3, -0.25) is 4.79 Å². The summed E-state index contributed by atoms with van der Waals surface area (Å²) in [5.41, 5.74) is 3.13. The van der Waals surface area contributed by atoms with Gasteiger partial charge in [0.05, 0.1) is 4.90 Å². The van der Waals surface area contributed by atoms with Gasteiger partial charge < -0.3 is 14.8 Å². The van der Waals surface area contributed by atoms with Crippen LogP contribution in [0.25, 0.3) is 0 Å². The molecule has 0 atom stereocenters. The zero-order chi connectivity index (χ0) is 21.2. The Hall–Kier alpha value is -2.58. The topological polar surface area (TPSA) is 84.9 Å². The van der Waals surface area contributed by atoms with Crippen LogP contribution in [-0.2, 0) is 21.2 Å². The van der Waals surface area contributed by atoms with E-state index in [1.54, 1.807) is 6.07 Å². The molecule has 3 rings (SSSR count). The minimum absolute atomic E-state index is 0.160. The molecule has 8 heteroatoms. The van der Waals surface area contributed by atoms with E-state index in [-0.39, 0.29) is 17.2 Å². The van der Waals surface area contributed by atoms with Crippen molar-refractivity contribution in [3.8, 4) is 11.5 Å². The van der Waals surface area contributed by atoms with E-state index in [1.165, 1.54) is 20.2 Å². The molecule has 1 N–H and O–H groups in total. The molecule has 0 aliphatic carbocycles. The van der Waals surface area contributed by atoms with E-state index < -0.39 is 10.0 Å². The lowest BCUT2D eigenvalue weighted by Gasteiger charge is -2.19. The van der Waals surface area contributed by atoms with Gasteiger partial charge >= 0.3 is 0 Å². The lowest BCUT2D eigenvalue weighted by molar-refractivity contribution is -0.116. The van der Waals surface area contributed by atoms with Crippen LogP contribution in [0.5, 0.6) is 11.5 Å². The van der Waals surface area contributed by atoms with E-state index in [4.69, 9.17) is 9.47 Å². The van der Waals surface area contributed by atoms with Crippen molar-refractivity contribution in [2.24, 2.45) is 0 Å². The zero-order valence-corrected chi connectivity index (χ0v) is 17.9. The van der Waals surface area contributed by atoms with Gasteiger partial charge in [-0.25, -0.2) is 12.7 Å². The fourth-order valence-electron chi connectivity index (χ4n) is 3.03. The SMILES string of the molecule is Cc1cc(S(=O)(=O)N(C)C)cc(NC(=O)CCc2ccc3c(c2)OCCO3)c1C. The van der Waals surface area contributed by atoms with Crippen LogP contribution in [0.3, 0.4) is 0 Å². The molecule has 29 heavy (non-hydrogen) atoms. The van der Waals surface area contributed by atoms with E-state index in [0.717, 1.165) is 26.7 Å². The summed E-state index contributed by atoms with van der Waals surface area (Å²) in [6.45, 7) is 4.74. The number of nitrogens with one attached hydrogen (secondary N) is 1. The van der Waals surface area contributed by atoms with E-state index in [9.17, 15) is 13.2 Å². The van der Waals surface area contributed by atoms with Crippen molar-refractivity contribution in [3.63, 3.8) is 0 Å². The molecule has 0 saturated heterocycles. The highest BCUT2D eigenvalue weighted by atomic mass is 32.2. The van der Waals surface area contributed by atoms with Crippen molar-refractivity contribution in [2.75, 3.05) is 32.6 Å². The number of ether oxygens (including phenoxy) is 2. The Morgan fingerprint density at radius 1 is 1.07 bits per heavy atom. The fraction of sp³-hybridized carbons (Fsp3) is 0.381. The number of anilines is 1. The summed E-state index contributed by atoms with van der Waals surface area (Å²) in [6.07, 6.45) is 0.805. The van der Waals surface area contributed by atoms with Gasteiger partial charge in [-0.2, -0.15) is 0 Å². The predicted molar refractivity (Wildman–Crippen MR) is 111 cm³/mol. The van der Waals surface area contributed by atoms with Crippen molar-refractivity contribution in [3.05, 3.63) is 47.0 Å². The van der Waals surface area contributed by atoms with Gasteiger partial charge in [0, 0.05) is 26.2 Å². The lowest BCUT2D eigenvalue weighted by Crippen LogP contribution is -2.23. The molecule has 0 radical (unpaired) electrons. The predicted octanol–water partition coefficient (Wildman–Crippen LogP) is 2.90. The number of rotatable bonds is 6. The normalized spacial score (nSPS) is 13.4. The van der Waals surface area contributed by atoms with Gasteiger partial charge in [0.15, 0.2) is 11.5 Å². The van der Waals surface area contributed by atoms with Crippen molar-refractivity contribution in [1.82, 2.24) is 4.31 Å². The van der Waals surface area contributed by atoms with Gasteiger partial charge in [0.25, 0.3) is 0 Å². The number of hydrogen-bond acceptors (Lipinski definition) is 5. The van der Waals surface area contributed by atoms with E-state index in [2.05, 4.69) is 5.32 Å². The van der Waals surface area contributed by atoms with Gasteiger partial charge in [-0.15, -0.1) is 0 Å². The minimum atomic E-state index is -3.58. The van der Waals surface area contributed by atoms with Crippen molar-refractivity contribution < 1.29 is 22.7 Å². The van der Waals surface area contributed by atoms with E-state index in [0.29, 0.717) is 31.1 Å². The van der Waals surface area contributed by atoms with Crippen LogP contribution >= 0.6 is 0 Å². The second kappa shape index (κ2) is 8.42. The Balaban J connectivity index is 1.71. The second-order valence-electron chi connectivity index (χ2n) is 7.23. The number of carbonyl (C=O) groups is 1. The summed E-state index contributed by atoms with van der Waals surface area (Å²) in [6, 6.07) is 8.79. The average molecular weight is 419 g/mol. The van der Waals surface area contributed by atoms with Crippen molar-refractivity contribution in [2.45, 2.75) is 31.6 Å². The number of amides is 1. The maximum absolute atomic E-state index is 12.5. The number of hydrogen-bond donors (Lipinski definition) is 1. The summed E-state index contributed by atoms with van der Waals surface area (Å²) >= 11 is 0. The summed E-state index contributed by atoms with van der Waals surface area (Å²) in [4.78, 5) is 12.7. The third kappa shape index (κ3) is 4.71. The number of benzene rings is 2. The number of aryl methyl sites for hydroxylation is 2. The first-order valence-corrected chi connectivity index (χ1v) is 10.8. The first-order valence-electron chi connectivity index (χ1n) is 9.40. The number of sulfonamides is 1. The van der Waals surface area contributed by atoms with E-state index >= 15 is 0 Å². The highest BCUT2D eigenvalue weighted by molar-refractivity contribution is 7.89. The van der Waals surface area contributed by atoms with Crippen molar-refractivity contribution >= 4 is 21.6 Å². The summed E-state index contributed by atoms with van der Waals surface area (Å²) in [5, 5.41) is 2.86. The Morgan fingerprint density at radius 3 is 2.45 bits per heavy atom. The highest BCUT2D eigenvalue weighted by Gasteiger charge is 2.20. The van der Waals surface area contributed by atoms with Crippen molar-refractivity contribution in [1.29, 1.82) is 0 Å². The van der Waals surface area contributed by atoms with Crippen LogP contribution in [0.2, 0.25) is 0 Å². The summed E-state index contributed by atoms with van der Waals surface area (Å²) < 4.78 is 37.1. The van der Waals surface area contributed by atoms with Crippen LogP contribution in [0.4, 0.5) is 5.69 Å². The van der Waals surface area contributed by atoms with E-state index in [1.807, 2.05) is 32.0 Å². The largest absolute Gasteiger partial charge is 0.486 e. The summed E-state index contributed by atoms with van der Waals surface area (Å²) in [5.74, 6) is 1.23. The maximum atomic E-state index is 12.5. The monoisotopic (exact) mass is 418 g/mol. The highest BCUT2D eigenvalue weighted by Crippen LogP contribution is 2.31. The van der Waals surface area contributed by atoms with Crippen LogP contribution in [0.1, 0.15) is 23.1 Å². The fourth-order valence-corrected chi connectivity index (χ4v) is 4.04. The Labute approximate surface area is 171 Å². The molecule has 0 bridgehead atoms. The number of fused-ring (bicyclic) bond motifs is 1. The van der Waals surface area contributed by atoms with Crippen LogP contribution in [0, 0.1) is 13.8 Å². The zero-order valence-electron chi connectivity index (χ0n) is 17.1. The molecule has 0 unspecified atom stereocenters.